The Bertz CT molecular complexity index is 183. The predicted octanol–water partition coefficient (Wildman–Crippen LogP) is 0.969. The summed E-state index contributed by atoms with van der Waals surface area (Å²) in [6.07, 6.45) is 0.814. The maximum Gasteiger partial charge on any atom is 0.320 e. The molecular formula is C6H11O4P. The van der Waals surface area contributed by atoms with E-state index in [1.807, 2.05) is 6.92 Å². The van der Waals surface area contributed by atoms with Crippen LogP contribution in [0.5, 0.6) is 0 Å². The van der Waals surface area contributed by atoms with Crippen molar-refractivity contribution in [1.29, 1.82) is 0 Å². The number of hydrogen-bond acceptors (Lipinski definition) is 4. The zero-order valence-electron chi connectivity index (χ0n) is 6.28. The second kappa shape index (κ2) is 2.87. The van der Waals surface area contributed by atoms with Crippen molar-refractivity contribution in [3.8, 4) is 0 Å². The molecule has 2 aliphatic rings. The quantitative estimate of drug-likeness (QED) is 0.561. The van der Waals surface area contributed by atoms with Crippen molar-refractivity contribution in [2.45, 2.75) is 31.7 Å². The third-order valence-corrected chi connectivity index (χ3v) is 3.05. The maximum atomic E-state index is 10.8. The summed E-state index contributed by atoms with van der Waals surface area (Å²) in [5.41, 5.74) is 0. The van der Waals surface area contributed by atoms with Crippen LogP contribution in [0.15, 0.2) is 0 Å². The highest BCUT2D eigenvalue weighted by molar-refractivity contribution is 7.33. The Morgan fingerprint density at radius 2 is 2.36 bits per heavy atom. The van der Waals surface area contributed by atoms with Crippen LogP contribution in [0, 0.1) is 0 Å². The number of ether oxygens (including phenoxy) is 1. The lowest BCUT2D eigenvalue weighted by atomic mass is 10.1. The van der Waals surface area contributed by atoms with Crippen molar-refractivity contribution < 1.29 is 18.3 Å². The lowest BCUT2D eigenvalue weighted by Crippen LogP contribution is -2.26. The van der Waals surface area contributed by atoms with E-state index in [0.717, 1.165) is 6.42 Å². The normalized spacial score (nSPS) is 49.5. The molecule has 64 valence electrons. The Balaban J connectivity index is 2.07. The number of rotatable bonds is 1. The summed E-state index contributed by atoms with van der Waals surface area (Å²) in [5.74, 6) is 0. The van der Waals surface area contributed by atoms with E-state index < -0.39 is 8.25 Å². The fourth-order valence-corrected chi connectivity index (χ4v) is 2.54. The molecule has 2 heterocycles. The molecule has 4 nitrogen and oxygen atoms in total. The molecule has 0 aromatic rings. The molecule has 2 saturated heterocycles. The second-order valence-electron chi connectivity index (χ2n) is 2.77. The topological polar surface area (TPSA) is 44.8 Å². The zero-order valence-corrected chi connectivity index (χ0v) is 7.28. The summed E-state index contributed by atoms with van der Waals surface area (Å²) in [6, 6.07) is 0. The molecular weight excluding hydrogens is 167 g/mol. The lowest BCUT2D eigenvalue weighted by molar-refractivity contribution is 0.0536. The standard InChI is InChI=1S/C6H11O4P/c1-2-4-6-5(3-8-4)9-11(7)10-6/h4-6,11H,2-3H2,1H3/t4-,5?,6-/m1/s1. The predicted molar refractivity (Wildman–Crippen MR) is 38.8 cm³/mol. The van der Waals surface area contributed by atoms with Crippen LogP contribution in [-0.2, 0) is 18.3 Å². The molecule has 0 aliphatic carbocycles. The number of hydrogen-bond donors (Lipinski definition) is 0. The highest BCUT2D eigenvalue weighted by Gasteiger charge is 2.44. The van der Waals surface area contributed by atoms with Crippen LogP contribution in [0.4, 0.5) is 0 Å². The SMILES string of the molecule is CC[C@H]1OCC2O[PH](=O)O[C@@H]21. The summed E-state index contributed by atoms with van der Waals surface area (Å²) < 4.78 is 26.3. The van der Waals surface area contributed by atoms with E-state index in [1.54, 1.807) is 0 Å². The van der Waals surface area contributed by atoms with Gasteiger partial charge in [-0.25, -0.2) is 0 Å². The minimum atomic E-state index is -2.19. The molecule has 0 aromatic heterocycles. The maximum absolute atomic E-state index is 10.8. The molecule has 0 saturated carbocycles. The highest BCUT2D eigenvalue weighted by Crippen LogP contribution is 2.43. The molecule has 0 aromatic carbocycles. The Hall–Kier alpha value is 0.110. The van der Waals surface area contributed by atoms with Gasteiger partial charge in [0.05, 0.1) is 12.7 Å². The first-order chi connectivity index (χ1) is 5.31. The number of fused-ring (bicyclic) bond motifs is 1. The van der Waals surface area contributed by atoms with Crippen molar-refractivity contribution >= 4 is 8.25 Å². The van der Waals surface area contributed by atoms with Gasteiger partial charge in [0.2, 0.25) is 0 Å². The molecule has 0 N–H and O–H groups in total. The van der Waals surface area contributed by atoms with Gasteiger partial charge in [-0.05, 0) is 6.42 Å². The molecule has 0 radical (unpaired) electrons. The molecule has 2 aliphatic heterocycles. The highest BCUT2D eigenvalue weighted by atomic mass is 31.1. The average Bonchev–Trinajstić information content (AvgIpc) is 2.45. The van der Waals surface area contributed by atoms with Gasteiger partial charge < -0.3 is 13.8 Å². The second-order valence-corrected chi connectivity index (χ2v) is 3.74. The summed E-state index contributed by atoms with van der Waals surface area (Å²) >= 11 is 0. The van der Waals surface area contributed by atoms with Gasteiger partial charge in [-0.1, -0.05) is 6.92 Å². The molecule has 2 unspecified atom stereocenters. The summed E-state index contributed by atoms with van der Waals surface area (Å²) in [7, 11) is -2.19. The van der Waals surface area contributed by atoms with Crippen LogP contribution in [0.25, 0.3) is 0 Å². The molecule has 5 heteroatoms. The van der Waals surface area contributed by atoms with Crippen LogP contribution in [0.2, 0.25) is 0 Å². The van der Waals surface area contributed by atoms with E-state index in [9.17, 15) is 4.57 Å². The van der Waals surface area contributed by atoms with Gasteiger partial charge in [-0.15, -0.1) is 0 Å². The van der Waals surface area contributed by atoms with Crippen LogP contribution in [-0.4, -0.2) is 24.9 Å². The van der Waals surface area contributed by atoms with Crippen molar-refractivity contribution in [2.75, 3.05) is 6.61 Å². The van der Waals surface area contributed by atoms with E-state index in [-0.39, 0.29) is 18.3 Å². The first kappa shape index (κ1) is 7.74. The van der Waals surface area contributed by atoms with Crippen LogP contribution >= 0.6 is 8.25 Å². The van der Waals surface area contributed by atoms with Gasteiger partial charge in [-0.2, -0.15) is 0 Å². The van der Waals surface area contributed by atoms with E-state index >= 15 is 0 Å². The Morgan fingerprint density at radius 3 is 3.09 bits per heavy atom. The third kappa shape index (κ3) is 1.25. The molecule has 4 atom stereocenters. The molecule has 2 rings (SSSR count). The van der Waals surface area contributed by atoms with Crippen LogP contribution in [0.1, 0.15) is 13.3 Å². The van der Waals surface area contributed by atoms with E-state index in [0.29, 0.717) is 6.61 Å². The molecule has 11 heavy (non-hydrogen) atoms. The van der Waals surface area contributed by atoms with Gasteiger partial charge in [0.1, 0.15) is 12.2 Å². The van der Waals surface area contributed by atoms with Crippen molar-refractivity contribution in [3.63, 3.8) is 0 Å². The lowest BCUT2D eigenvalue weighted by Gasteiger charge is -2.11. The molecule has 2 fully saturated rings. The van der Waals surface area contributed by atoms with Crippen LogP contribution in [0.3, 0.4) is 0 Å². The molecule has 0 bridgehead atoms. The van der Waals surface area contributed by atoms with E-state index in [1.165, 1.54) is 0 Å². The van der Waals surface area contributed by atoms with E-state index in [2.05, 4.69) is 0 Å². The van der Waals surface area contributed by atoms with Crippen molar-refractivity contribution in [1.82, 2.24) is 0 Å². The van der Waals surface area contributed by atoms with Crippen LogP contribution < -0.4 is 0 Å². The van der Waals surface area contributed by atoms with Gasteiger partial charge >= 0.3 is 8.25 Å². The Kier molecular flexibility index (Phi) is 2.02. The average molecular weight is 178 g/mol. The fraction of sp³-hybridized carbons (Fsp3) is 1.00. The smallest absolute Gasteiger partial charge is 0.320 e. The summed E-state index contributed by atoms with van der Waals surface area (Å²) in [6.45, 7) is 2.55. The van der Waals surface area contributed by atoms with Gasteiger partial charge in [0, 0.05) is 0 Å². The zero-order chi connectivity index (χ0) is 7.84. The monoisotopic (exact) mass is 178 g/mol. The third-order valence-electron chi connectivity index (χ3n) is 2.09. The molecule has 0 amide bonds. The largest absolute Gasteiger partial charge is 0.373 e. The van der Waals surface area contributed by atoms with Crippen molar-refractivity contribution in [3.05, 3.63) is 0 Å². The first-order valence-corrected chi connectivity index (χ1v) is 5.02. The minimum absolute atomic E-state index is 0.0774. The summed E-state index contributed by atoms with van der Waals surface area (Å²) in [5, 5.41) is 0. The van der Waals surface area contributed by atoms with Crippen molar-refractivity contribution in [2.24, 2.45) is 0 Å². The Labute approximate surface area is 65.8 Å². The van der Waals surface area contributed by atoms with Gasteiger partial charge in [0.25, 0.3) is 0 Å². The Morgan fingerprint density at radius 1 is 1.55 bits per heavy atom. The fourth-order valence-electron chi connectivity index (χ4n) is 1.51. The van der Waals surface area contributed by atoms with Gasteiger partial charge in [-0.3, -0.25) is 4.57 Å². The minimum Gasteiger partial charge on any atom is -0.373 e. The van der Waals surface area contributed by atoms with Gasteiger partial charge in [0.15, 0.2) is 0 Å². The summed E-state index contributed by atoms with van der Waals surface area (Å²) in [4.78, 5) is 0. The first-order valence-electron chi connectivity index (χ1n) is 3.80. The molecule has 0 spiro atoms. The van der Waals surface area contributed by atoms with E-state index in [4.69, 9.17) is 13.8 Å².